The predicted octanol–water partition coefficient (Wildman–Crippen LogP) is 0.929. The van der Waals surface area contributed by atoms with E-state index < -0.39 is 5.97 Å². The van der Waals surface area contributed by atoms with Gasteiger partial charge < -0.3 is 15.7 Å². The Morgan fingerprint density at radius 3 is 2.76 bits per heavy atom. The maximum atomic E-state index is 11.6. The molecule has 0 aliphatic rings. The third kappa shape index (κ3) is 3.29. The molecule has 1 aromatic rings. The molecule has 0 amide bonds. The lowest BCUT2D eigenvalue weighted by Crippen LogP contribution is -2.21. The second-order valence-electron chi connectivity index (χ2n) is 3.36. The van der Waals surface area contributed by atoms with Crippen molar-refractivity contribution in [2.75, 3.05) is 13.2 Å². The van der Waals surface area contributed by atoms with Gasteiger partial charge in [0.05, 0.1) is 6.61 Å². The fourth-order valence-electron chi connectivity index (χ4n) is 1.53. The minimum absolute atomic E-state index is 0.0871. The zero-order valence-electron chi connectivity index (χ0n) is 9.72. The van der Waals surface area contributed by atoms with Gasteiger partial charge in [-0.15, -0.1) is 0 Å². The van der Waals surface area contributed by atoms with Crippen LogP contribution in [0, 0.1) is 0 Å². The summed E-state index contributed by atoms with van der Waals surface area (Å²) < 4.78 is 4.82. The average molecular weight is 236 g/mol. The van der Waals surface area contributed by atoms with Crippen LogP contribution in [0.15, 0.2) is 29.4 Å². The van der Waals surface area contributed by atoms with Gasteiger partial charge in [-0.1, -0.05) is 29.4 Å². The maximum Gasteiger partial charge on any atom is 0.361 e. The second kappa shape index (κ2) is 6.65. The number of hydrogen-bond acceptors (Lipinski definition) is 5. The standard InChI is InChI=1S/C12H16N2O3/c1-2-17-12(15)11(14-16)10-6-4-3-5-9(10)7-8-13/h3-6,16H,2,7-8,13H2,1H3/b14-11+. The van der Waals surface area contributed by atoms with E-state index in [1.807, 2.05) is 12.1 Å². The Hall–Kier alpha value is -1.88. The average Bonchev–Trinajstić information content (AvgIpc) is 2.33. The highest BCUT2D eigenvalue weighted by Crippen LogP contribution is 2.11. The molecule has 92 valence electrons. The van der Waals surface area contributed by atoms with E-state index in [9.17, 15) is 4.79 Å². The highest BCUT2D eigenvalue weighted by molar-refractivity contribution is 6.43. The molecule has 0 bridgehead atoms. The number of nitrogens with zero attached hydrogens (tertiary/aromatic N) is 1. The van der Waals surface area contributed by atoms with Crippen LogP contribution >= 0.6 is 0 Å². The Balaban J connectivity index is 3.08. The molecule has 0 saturated heterocycles. The van der Waals surface area contributed by atoms with Crippen LogP contribution in [0.25, 0.3) is 0 Å². The Bertz CT molecular complexity index is 416. The molecule has 0 aromatic heterocycles. The molecule has 0 heterocycles. The molecule has 0 aliphatic carbocycles. The van der Waals surface area contributed by atoms with Crippen LogP contribution in [-0.2, 0) is 16.0 Å². The van der Waals surface area contributed by atoms with Gasteiger partial charge in [0, 0.05) is 5.56 Å². The first-order chi connectivity index (χ1) is 8.24. The van der Waals surface area contributed by atoms with E-state index in [1.165, 1.54) is 0 Å². The molecule has 0 unspecified atom stereocenters. The number of carbonyl (C=O) groups is 1. The SMILES string of the molecule is CCOC(=O)/C(=N/O)c1ccccc1CCN. The molecular weight excluding hydrogens is 220 g/mol. The van der Waals surface area contributed by atoms with Crippen molar-refractivity contribution in [1.82, 2.24) is 0 Å². The molecule has 0 spiro atoms. The van der Waals surface area contributed by atoms with Crippen LogP contribution in [0.4, 0.5) is 0 Å². The fourth-order valence-corrected chi connectivity index (χ4v) is 1.53. The highest BCUT2D eigenvalue weighted by atomic mass is 16.5. The van der Waals surface area contributed by atoms with Crippen LogP contribution < -0.4 is 5.73 Å². The quantitative estimate of drug-likeness (QED) is 0.345. The van der Waals surface area contributed by atoms with Crippen molar-refractivity contribution in [2.45, 2.75) is 13.3 Å². The predicted molar refractivity (Wildman–Crippen MR) is 64.2 cm³/mol. The molecule has 5 heteroatoms. The smallest absolute Gasteiger partial charge is 0.361 e. The highest BCUT2D eigenvalue weighted by Gasteiger charge is 2.18. The zero-order valence-corrected chi connectivity index (χ0v) is 9.72. The van der Waals surface area contributed by atoms with Crippen molar-refractivity contribution < 1.29 is 14.7 Å². The van der Waals surface area contributed by atoms with Crippen LogP contribution in [0.5, 0.6) is 0 Å². The normalized spacial score (nSPS) is 11.3. The molecular formula is C12H16N2O3. The third-order valence-corrected chi connectivity index (χ3v) is 2.25. The van der Waals surface area contributed by atoms with Gasteiger partial charge in [0.1, 0.15) is 0 Å². The van der Waals surface area contributed by atoms with Gasteiger partial charge in [0.2, 0.25) is 0 Å². The number of rotatable bonds is 5. The van der Waals surface area contributed by atoms with Crippen molar-refractivity contribution in [1.29, 1.82) is 0 Å². The van der Waals surface area contributed by atoms with Gasteiger partial charge in [0.15, 0.2) is 5.71 Å². The van der Waals surface area contributed by atoms with E-state index in [4.69, 9.17) is 15.7 Å². The number of hydrogen-bond donors (Lipinski definition) is 2. The van der Waals surface area contributed by atoms with E-state index >= 15 is 0 Å². The molecule has 1 aromatic carbocycles. The summed E-state index contributed by atoms with van der Waals surface area (Å²) in [6, 6.07) is 7.15. The molecule has 3 N–H and O–H groups in total. The largest absolute Gasteiger partial charge is 0.461 e. The molecule has 0 fully saturated rings. The minimum Gasteiger partial charge on any atom is -0.461 e. The van der Waals surface area contributed by atoms with Crippen molar-refractivity contribution in [2.24, 2.45) is 10.9 Å². The van der Waals surface area contributed by atoms with Gasteiger partial charge in [-0.05, 0) is 25.5 Å². The number of oxime groups is 1. The zero-order chi connectivity index (χ0) is 12.7. The maximum absolute atomic E-state index is 11.6. The minimum atomic E-state index is -0.639. The van der Waals surface area contributed by atoms with E-state index in [0.717, 1.165) is 5.56 Å². The van der Waals surface area contributed by atoms with E-state index in [2.05, 4.69) is 5.16 Å². The van der Waals surface area contributed by atoms with Crippen LogP contribution in [-0.4, -0.2) is 30.0 Å². The lowest BCUT2D eigenvalue weighted by Gasteiger charge is -2.09. The number of carbonyl (C=O) groups excluding carboxylic acids is 1. The van der Waals surface area contributed by atoms with Crippen molar-refractivity contribution in [3.05, 3.63) is 35.4 Å². The molecule has 0 atom stereocenters. The Morgan fingerprint density at radius 1 is 1.47 bits per heavy atom. The lowest BCUT2D eigenvalue weighted by molar-refractivity contribution is -0.135. The summed E-state index contributed by atoms with van der Waals surface area (Å²) in [5, 5.41) is 11.9. The molecule has 0 aliphatic heterocycles. The summed E-state index contributed by atoms with van der Waals surface area (Å²) in [4.78, 5) is 11.6. The Morgan fingerprint density at radius 2 is 2.18 bits per heavy atom. The molecule has 0 saturated carbocycles. The van der Waals surface area contributed by atoms with Crippen molar-refractivity contribution >= 4 is 11.7 Å². The van der Waals surface area contributed by atoms with E-state index in [0.29, 0.717) is 18.5 Å². The van der Waals surface area contributed by atoms with Gasteiger partial charge in [-0.3, -0.25) is 0 Å². The van der Waals surface area contributed by atoms with Gasteiger partial charge >= 0.3 is 5.97 Å². The molecule has 0 radical (unpaired) electrons. The topological polar surface area (TPSA) is 84.9 Å². The fraction of sp³-hybridized carbons (Fsp3) is 0.333. The van der Waals surface area contributed by atoms with Crippen LogP contribution in [0.2, 0.25) is 0 Å². The molecule has 17 heavy (non-hydrogen) atoms. The Kier molecular flexibility index (Phi) is 5.16. The monoisotopic (exact) mass is 236 g/mol. The number of nitrogens with two attached hydrogens (primary N) is 1. The summed E-state index contributed by atoms with van der Waals surface area (Å²) in [6.07, 6.45) is 0.606. The summed E-state index contributed by atoms with van der Waals surface area (Å²) in [7, 11) is 0. The second-order valence-corrected chi connectivity index (χ2v) is 3.36. The number of ether oxygens (including phenoxy) is 1. The first-order valence-corrected chi connectivity index (χ1v) is 5.42. The first-order valence-electron chi connectivity index (χ1n) is 5.42. The lowest BCUT2D eigenvalue weighted by atomic mass is 10.0. The summed E-state index contributed by atoms with van der Waals surface area (Å²) in [5.41, 5.74) is 6.81. The molecule has 5 nitrogen and oxygen atoms in total. The van der Waals surface area contributed by atoms with Gasteiger partial charge in [-0.25, -0.2) is 4.79 Å². The molecule has 1 rings (SSSR count). The van der Waals surface area contributed by atoms with Crippen molar-refractivity contribution in [3.8, 4) is 0 Å². The van der Waals surface area contributed by atoms with Crippen molar-refractivity contribution in [3.63, 3.8) is 0 Å². The van der Waals surface area contributed by atoms with Crippen LogP contribution in [0.1, 0.15) is 18.1 Å². The summed E-state index contributed by atoms with van der Waals surface area (Å²) >= 11 is 0. The number of benzene rings is 1. The first kappa shape index (κ1) is 13.2. The summed E-state index contributed by atoms with van der Waals surface area (Å²) in [5.74, 6) is -0.639. The Labute approximate surface area is 99.9 Å². The third-order valence-electron chi connectivity index (χ3n) is 2.25. The summed E-state index contributed by atoms with van der Waals surface area (Å²) in [6.45, 7) is 2.38. The van der Waals surface area contributed by atoms with Crippen LogP contribution in [0.3, 0.4) is 0 Å². The number of esters is 1. The van der Waals surface area contributed by atoms with E-state index in [-0.39, 0.29) is 12.3 Å². The van der Waals surface area contributed by atoms with E-state index in [1.54, 1.807) is 19.1 Å². The van der Waals surface area contributed by atoms with Gasteiger partial charge in [0.25, 0.3) is 0 Å². The van der Waals surface area contributed by atoms with Gasteiger partial charge in [-0.2, -0.15) is 0 Å².